The number of ketones is 1. The zero-order chi connectivity index (χ0) is 28.6. The smallest absolute Gasteiger partial charge is 0.301 e. The molecule has 206 valence electrons. The molecule has 4 aromatic rings. The zero-order valence-electron chi connectivity index (χ0n) is 22.7. The lowest BCUT2D eigenvalue weighted by Gasteiger charge is -2.24. The third kappa shape index (κ3) is 4.60. The Morgan fingerprint density at radius 2 is 1.65 bits per heavy atom. The molecule has 1 amide bonds. The number of aryl methyl sites for hydroxylation is 1. The maximum absolute atomic E-state index is 13.7. The van der Waals surface area contributed by atoms with Crippen molar-refractivity contribution in [3.05, 3.63) is 76.9 Å². The van der Waals surface area contributed by atoms with Crippen molar-refractivity contribution in [1.82, 2.24) is 4.98 Å². The monoisotopic (exact) mass is 560 g/mol. The fourth-order valence-corrected chi connectivity index (χ4v) is 5.74. The molecule has 1 N–H and O–H groups in total. The number of Topliss-reactive ketones (excluding diaryl/α,β-unsaturated/α-hetero) is 1. The number of amides is 1. The van der Waals surface area contributed by atoms with Crippen molar-refractivity contribution >= 4 is 44.1 Å². The van der Waals surface area contributed by atoms with Gasteiger partial charge < -0.3 is 24.1 Å². The lowest BCUT2D eigenvalue weighted by atomic mass is 9.94. The van der Waals surface area contributed by atoms with E-state index in [9.17, 15) is 14.7 Å². The fraction of sp³-hybridized carbons (Fsp3) is 0.233. The maximum Gasteiger partial charge on any atom is 0.301 e. The predicted octanol–water partition coefficient (Wildman–Crippen LogP) is 5.66. The quantitative estimate of drug-likeness (QED) is 0.167. The average Bonchev–Trinajstić information content (AvgIpc) is 3.49. The summed E-state index contributed by atoms with van der Waals surface area (Å²) in [6, 6.07) is 14.8. The van der Waals surface area contributed by atoms with E-state index in [-0.39, 0.29) is 11.3 Å². The number of hydrogen-bond acceptors (Lipinski definition) is 9. The number of ether oxygens (including phenoxy) is 4. The van der Waals surface area contributed by atoms with Crippen molar-refractivity contribution < 1.29 is 33.6 Å². The largest absolute Gasteiger partial charge is 0.507 e. The van der Waals surface area contributed by atoms with Gasteiger partial charge in [0.2, 0.25) is 5.75 Å². The number of thiazole rings is 1. The zero-order valence-corrected chi connectivity index (χ0v) is 23.5. The van der Waals surface area contributed by atoms with Crippen LogP contribution in [0.15, 0.2) is 60.2 Å². The van der Waals surface area contributed by atoms with E-state index in [1.165, 1.54) is 37.6 Å². The van der Waals surface area contributed by atoms with Crippen LogP contribution in [0, 0.1) is 6.92 Å². The molecule has 2 heterocycles. The standard InChI is InChI=1S/C30H28N2O7S/c1-6-39-19-11-12-20-23(15-19)40-30(31-20)32-25(18-13-21(36-3)28(38-5)22(14-18)37-4)24(27(34)29(32)35)26(33)17-9-7-16(2)8-10-17/h7-15,25,33H,6H2,1-5H3/t25-/m0/s1. The van der Waals surface area contributed by atoms with E-state index in [2.05, 4.69) is 4.98 Å². The summed E-state index contributed by atoms with van der Waals surface area (Å²) in [6.45, 7) is 4.32. The molecule has 0 aliphatic carbocycles. The predicted molar refractivity (Wildman–Crippen MR) is 153 cm³/mol. The lowest BCUT2D eigenvalue weighted by Crippen LogP contribution is -2.29. The number of nitrogens with zero attached hydrogens (tertiary/aromatic N) is 2. The number of aliphatic hydroxyl groups excluding tert-OH is 1. The highest BCUT2D eigenvalue weighted by Crippen LogP contribution is 2.48. The van der Waals surface area contributed by atoms with Crippen molar-refractivity contribution in [3.8, 4) is 23.0 Å². The first-order chi connectivity index (χ1) is 19.3. The summed E-state index contributed by atoms with van der Waals surface area (Å²) in [4.78, 5) is 33.2. The lowest BCUT2D eigenvalue weighted by molar-refractivity contribution is -0.132. The van der Waals surface area contributed by atoms with Gasteiger partial charge in [-0.05, 0) is 49.7 Å². The normalized spacial score (nSPS) is 16.4. The molecule has 1 fully saturated rings. The van der Waals surface area contributed by atoms with E-state index in [0.717, 1.165) is 10.3 Å². The van der Waals surface area contributed by atoms with Gasteiger partial charge in [0.05, 0.1) is 49.8 Å². The SMILES string of the molecule is CCOc1ccc2nc(N3C(=O)C(=O)C(=C(O)c4ccc(C)cc4)[C@@H]3c3cc(OC)c(OC)c(OC)c3)sc2c1. The molecule has 5 rings (SSSR count). The first-order valence-corrected chi connectivity index (χ1v) is 13.3. The number of carbonyl (C=O) groups is 2. The molecule has 1 atom stereocenters. The van der Waals surface area contributed by atoms with Gasteiger partial charge in [0.25, 0.3) is 5.78 Å². The average molecular weight is 561 g/mol. The molecule has 1 aliphatic rings. The molecule has 3 aromatic carbocycles. The van der Waals surface area contributed by atoms with E-state index in [1.807, 2.05) is 32.0 Å². The second kappa shape index (κ2) is 10.9. The molecule has 0 bridgehead atoms. The number of anilines is 1. The number of hydrogen-bond donors (Lipinski definition) is 1. The summed E-state index contributed by atoms with van der Waals surface area (Å²) in [5.74, 6) is -0.228. The molecule has 0 spiro atoms. The molecule has 1 saturated heterocycles. The molecule has 40 heavy (non-hydrogen) atoms. The van der Waals surface area contributed by atoms with Crippen molar-refractivity contribution in [2.24, 2.45) is 0 Å². The number of carbonyl (C=O) groups excluding carboxylic acids is 2. The molecule has 1 aliphatic heterocycles. The van der Waals surface area contributed by atoms with Crippen LogP contribution in [0.2, 0.25) is 0 Å². The van der Waals surface area contributed by atoms with Crippen LogP contribution >= 0.6 is 11.3 Å². The number of rotatable bonds is 8. The third-order valence-corrected chi connectivity index (χ3v) is 7.66. The second-order valence-corrected chi connectivity index (χ2v) is 10.1. The van der Waals surface area contributed by atoms with Gasteiger partial charge in [-0.3, -0.25) is 14.5 Å². The number of benzene rings is 3. The van der Waals surface area contributed by atoms with Crippen molar-refractivity contribution in [2.45, 2.75) is 19.9 Å². The molecule has 10 heteroatoms. The van der Waals surface area contributed by atoms with Crippen LogP contribution in [0.1, 0.15) is 29.7 Å². The topological polar surface area (TPSA) is 107 Å². The van der Waals surface area contributed by atoms with Crippen molar-refractivity contribution in [2.75, 3.05) is 32.8 Å². The van der Waals surface area contributed by atoms with Gasteiger partial charge in [-0.1, -0.05) is 41.2 Å². The first kappa shape index (κ1) is 27.0. The van der Waals surface area contributed by atoms with Crippen LogP contribution < -0.4 is 23.8 Å². The van der Waals surface area contributed by atoms with Gasteiger partial charge in [-0.2, -0.15) is 0 Å². The molecule has 0 unspecified atom stereocenters. The first-order valence-electron chi connectivity index (χ1n) is 12.5. The Bertz CT molecular complexity index is 1620. The Hall–Kier alpha value is -4.57. The number of methoxy groups -OCH3 is 3. The van der Waals surface area contributed by atoms with Crippen LogP contribution in [0.25, 0.3) is 16.0 Å². The third-order valence-electron chi connectivity index (χ3n) is 6.64. The minimum Gasteiger partial charge on any atom is -0.507 e. The Kier molecular flexibility index (Phi) is 7.36. The van der Waals surface area contributed by atoms with Gasteiger partial charge in [0.15, 0.2) is 16.6 Å². The summed E-state index contributed by atoms with van der Waals surface area (Å²) in [5, 5.41) is 11.7. The number of fused-ring (bicyclic) bond motifs is 1. The molecular weight excluding hydrogens is 532 g/mol. The summed E-state index contributed by atoms with van der Waals surface area (Å²) in [6.07, 6.45) is 0. The highest BCUT2D eigenvalue weighted by atomic mass is 32.1. The van der Waals surface area contributed by atoms with E-state index in [1.54, 1.807) is 36.4 Å². The van der Waals surface area contributed by atoms with Crippen LogP contribution in [-0.2, 0) is 9.59 Å². The van der Waals surface area contributed by atoms with Crippen molar-refractivity contribution in [1.29, 1.82) is 0 Å². The highest BCUT2D eigenvalue weighted by Gasteiger charge is 2.48. The number of aromatic nitrogens is 1. The molecule has 9 nitrogen and oxygen atoms in total. The van der Waals surface area contributed by atoms with Crippen LogP contribution in [-0.4, -0.2) is 49.7 Å². The Balaban J connectivity index is 1.75. The minimum absolute atomic E-state index is 0.0719. The highest BCUT2D eigenvalue weighted by molar-refractivity contribution is 7.22. The fourth-order valence-electron chi connectivity index (χ4n) is 4.72. The molecular formula is C30H28N2O7S. The Labute approximate surface area is 235 Å². The van der Waals surface area contributed by atoms with Crippen LogP contribution in [0.5, 0.6) is 23.0 Å². The van der Waals surface area contributed by atoms with E-state index < -0.39 is 17.7 Å². The van der Waals surface area contributed by atoms with E-state index >= 15 is 0 Å². The number of aliphatic hydroxyl groups is 1. The van der Waals surface area contributed by atoms with Crippen LogP contribution in [0.4, 0.5) is 5.13 Å². The van der Waals surface area contributed by atoms with Gasteiger partial charge in [-0.15, -0.1) is 0 Å². The Morgan fingerprint density at radius 1 is 0.975 bits per heavy atom. The molecule has 0 saturated carbocycles. The molecule has 1 aromatic heterocycles. The Morgan fingerprint density at radius 3 is 2.25 bits per heavy atom. The van der Waals surface area contributed by atoms with Crippen LogP contribution in [0.3, 0.4) is 0 Å². The molecule has 0 radical (unpaired) electrons. The summed E-state index contributed by atoms with van der Waals surface area (Å²) in [7, 11) is 4.45. The summed E-state index contributed by atoms with van der Waals surface area (Å²) >= 11 is 1.25. The second-order valence-electron chi connectivity index (χ2n) is 9.05. The van der Waals surface area contributed by atoms with Gasteiger partial charge in [0, 0.05) is 5.56 Å². The van der Waals surface area contributed by atoms with Crippen molar-refractivity contribution in [3.63, 3.8) is 0 Å². The van der Waals surface area contributed by atoms with Gasteiger partial charge in [-0.25, -0.2) is 4.98 Å². The van der Waals surface area contributed by atoms with E-state index in [4.69, 9.17) is 18.9 Å². The summed E-state index contributed by atoms with van der Waals surface area (Å²) < 4.78 is 23.0. The van der Waals surface area contributed by atoms with Gasteiger partial charge >= 0.3 is 5.91 Å². The van der Waals surface area contributed by atoms with Gasteiger partial charge in [0.1, 0.15) is 11.5 Å². The van der Waals surface area contributed by atoms with E-state index in [0.29, 0.717) is 51.4 Å². The maximum atomic E-state index is 13.7. The minimum atomic E-state index is -1.03. The summed E-state index contributed by atoms with van der Waals surface area (Å²) in [5.41, 5.74) is 2.44.